The molecule has 2 aromatic carbocycles. The van der Waals surface area contributed by atoms with Crippen LogP contribution in [0.3, 0.4) is 0 Å². The van der Waals surface area contributed by atoms with Crippen LogP contribution in [0.25, 0.3) is 10.1 Å². The molecule has 1 aromatic heterocycles. The molecule has 0 fully saturated rings. The lowest BCUT2D eigenvalue weighted by Gasteiger charge is -2.04. The van der Waals surface area contributed by atoms with Crippen LogP contribution in [-0.4, -0.2) is 5.78 Å². The van der Waals surface area contributed by atoms with Gasteiger partial charge in [-0.2, -0.15) is 0 Å². The summed E-state index contributed by atoms with van der Waals surface area (Å²) >= 11 is 4.95. The van der Waals surface area contributed by atoms with E-state index in [-0.39, 0.29) is 11.5 Å². The highest BCUT2D eigenvalue weighted by atomic mass is 79.9. The molecule has 2 nitrogen and oxygen atoms in total. The molecule has 0 aliphatic carbocycles. The zero-order valence-corrected chi connectivity index (χ0v) is 12.6. The molecule has 3 rings (SSSR count). The highest BCUT2D eigenvalue weighted by Crippen LogP contribution is 2.34. The number of ketones is 1. The van der Waals surface area contributed by atoms with Crippen LogP contribution in [-0.2, 0) is 0 Å². The molecule has 2 N–H and O–H groups in total. The smallest absolute Gasteiger partial charge is 0.196 e. The second-order valence-corrected chi connectivity index (χ2v) is 6.06. The van der Waals surface area contributed by atoms with Crippen LogP contribution in [0.5, 0.6) is 0 Å². The topological polar surface area (TPSA) is 43.1 Å². The maximum absolute atomic E-state index is 13.1. The van der Waals surface area contributed by atoms with Crippen molar-refractivity contribution in [3.05, 3.63) is 63.2 Å². The predicted molar refractivity (Wildman–Crippen MR) is 83.8 cm³/mol. The van der Waals surface area contributed by atoms with Crippen LogP contribution < -0.4 is 5.73 Å². The van der Waals surface area contributed by atoms with Crippen molar-refractivity contribution in [1.82, 2.24) is 0 Å². The average molecular weight is 350 g/mol. The Balaban J connectivity index is 2.16. The number of anilines is 1. The minimum atomic E-state index is -0.447. The van der Waals surface area contributed by atoms with Crippen LogP contribution in [0.4, 0.5) is 10.1 Å². The van der Waals surface area contributed by atoms with Gasteiger partial charge in [-0.25, -0.2) is 4.39 Å². The third kappa shape index (κ3) is 2.13. The zero-order chi connectivity index (χ0) is 14.3. The first-order valence-corrected chi connectivity index (χ1v) is 7.50. The maximum Gasteiger partial charge on any atom is 0.196 e. The van der Waals surface area contributed by atoms with E-state index in [0.29, 0.717) is 11.1 Å². The fourth-order valence-electron chi connectivity index (χ4n) is 2.08. The Morgan fingerprint density at radius 1 is 1.20 bits per heavy atom. The van der Waals surface area contributed by atoms with Gasteiger partial charge in [0.2, 0.25) is 0 Å². The van der Waals surface area contributed by atoms with Crippen molar-refractivity contribution >= 4 is 48.8 Å². The summed E-state index contributed by atoms with van der Waals surface area (Å²) in [5.74, 6) is -0.635. The van der Waals surface area contributed by atoms with E-state index in [4.69, 9.17) is 5.73 Å². The minimum Gasteiger partial charge on any atom is -0.398 e. The average Bonchev–Trinajstić information content (AvgIpc) is 2.83. The number of hydrogen-bond acceptors (Lipinski definition) is 3. The van der Waals surface area contributed by atoms with Crippen molar-refractivity contribution in [2.75, 3.05) is 5.73 Å². The Morgan fingerprint density at radius 3 is 2.75 bits per heavy atom. The van der Waals surface area contributed by atoms with Gasteiger partial charge in [-0.3, -0.25) is 4.79 Å². The molecule has 0 unspecified atom stereocenters. The molecule has 0 amide bonds. The summed E-state index contributed by atoms with van der Waals surface area (Å²) in [6, 6.07) is 9.53. The van der Waals surface area contributed by atoms with Crippen molar-refractivity contribution in [2.45, 2.75) is 0 Å². The lowest BCUT2D eigenvalue weighted by molar-refractivity contribution is 0.104. The van der Waals surface area contributed by atoms with Gasteiger partial charge in [0.05, 0.1) is 0 Å². The molecular formula is C15H9BrFNOS. The molecule has 1 heterocycles. The molecule has 100 valence electrons. The van der Waals surface area contributed by atoms with Gasteiger partial charge in [-0.1, -0.05) is 12.1 Å². The number of thiophene rings is 1. The van der Waals surface area contributed by atoms with E-state index in [1.165, 1.54) is 23.5 Å². The van der Waals surface area contributed by atoms with E-state index in [9.17, 15) is 9.18 Å². The molecule has 0 radical (unpaired) electrons. The highest BCUT2D eigenvalue weighted by molar-refractivity contribution is 9.10. The van der Waals surface area contributed by atoms with Crippen molar-refractivity contribution in [1.29, 1.82) is 0 Å². The number of carbonyl (C=O) groups is 1. The van der Waals surface area contributed by atoms with Crippen molar-refractivity contribution in [3.8, 4) is 0 Å². The first-order valence-electron chi connectivity index (χ1n) is 5.83. The number of rotatable bonds is 2. The van der Waals surface area contributed by atoms with E-state index < -0.39 is 5.82 Å². The largest absolute Gasteiger partial charge is 0.398 e. The van der Waals surface area contributed by atoms with Gasteiger partial charge in [-0.05, 0) is 40.2 Å². The molecule has 3 aromatic rings. The number of fused-ring (bicyclic) bond motifs is 1. The van der Waals surface area contributed by atoms with Crippen LogP contribution >= 0.6 is 27.3 Å². The SMILES string of the molecule is Nc1cc(F)ccc1C(=O)c1csc2c(Br)cccc12. The molecule has 20 heavy (non-hydrogen) atoms. The van der Waals surface area contributed by atoms with Gasteiger partial charge in [0.25, 0.3) is 0 Å². The normalized spacial score (nSPS) is 10.9. The minimum absolute atomic E-state index is 0.157. The lowest BCUT2D eigenvalue weighted by atomic mass is 10.0. The molecule has 0 spiro atoms. The fourth-order valence-corrected chi connectivity index (χ4v) is 3.69. The molecular weight excluding hydrogens is 341 g/mol. The number of nitrogen functional groups attached to an aromatic ring is 1. The summed E-state index contributed by atoms with van der Waals surface area (Å²) in [4.78, 5) is 12.6. The lowest BCUT2D eigenvalue weighted by Crippen LogP contribution is -2.05. The highest BCUT2D eigenvalue weighted by Gasteiger charge is 2.17. The van der Waals surface area contributed by atoms with Crippen LogP contribution in [0, 0.1) is 5.82 Å². The van der Waals surface area contributed by atoms with Crippen LogP contribution in [0.2, 0.25) is 0 Å². The summed E-state index contributed by atoms with van der Waals surface area (Å²) in [7, 11) is 0. The number of carbonyl (C=O) groups excluding carboxylic acids is 1. The molecule has 0 aliphatic heterocycles. The van der Waals surface area contributed by atoms with E-state index in [0.717, 1.165) is 20.6 Å². The fraction of sp³-hybridized carbons (Fsp3) is 0. The monoisotopic (exact) mass is 349 g/mol. The van der Waals surface area contributed by atoms with E-state index in [1.807, 2.05) is 18.2 Å². The standard InChI is InChI=1S/C15H9BrFNOS/c16-12-3-1-2-9-11(7-20-15(9)12)14(19)10-5-4-8(17)6-13(10)18/h1-7H,18H2. The Bertz CT molecular complexity index is 828. The van der Waals surface area contributed by atoms with Gasteiger partial charge in [-0.15, -0.1) is 11.3 Å². The van der Waals surface area contributed by atoms with Crippen molar-refractivity contribution in [2.24, 2.45) is 0 Å². The number of benzene rings is 2. The van der Waals surface area contributed by atoms with Crippen molar-refractivity contribution in [3.63, 3.8) is 0 Å². The summed E-state index contributed by atoms with van der Waals surface area (Å²) in [6.07, 6.45) is 0. The van der Waals surface area contributed by atoms with Crippen molar-refractivity contribution < 1.29 is 9.18 Å². The molecule has 5 heteroatoms. The maximum atomic E-state index is 13.1. The summed E-state index contributed by atoms with van der Waals surface area (Å²) in [6.45, 7) is 0. The van der Waals surface area contributed by atoms with E-state index in [1.54, 1.807) is 5.38 Å². The first-order chi connectivity index (χ1) is 9.58. The molecule has 0 atom stereocenters. The molecule has 0 bridgehead atoms. The summed E-state index contributed by atoms with van der Waals surface area (Å²) < 4.78 is 15.0. The van der Waals surface area contributed by atoms with Gasteiger partial charge in [0, 0.05) is 36.8 Å². The second kappa shape index (κ2) is 5.00. The Kier molecular flexibility index (Phi) is 3.31. The molecule has 0 saturated carbocycles. The van der Waals surface area contributed by atoms with Crippen LogP contribution in [0.15, 0.2) is 46.3 Å². The molecule has 0 aliphatic rings. The van der Waals surface area contributed by atoms with E-state index in [2.05, 4.69) is 15.9 Å². The number of nitrogens with two attached hydrogens (primary N) is 1. The zero-order valence-electron chi connectivity index (χ0n) is 10.2. The quantitative estimate of drug-likeness (QED) is 0.542. The summed E-state index contributed by atoms with van der Waals surface area (Å²) in [5.41, 5.74) is 6.81. The Hall–Kier alpha value is -1.72. The Morgan fingerprint density at radius 2 is 2.00 bits per heavy atom. The van der Waals surface area contributed by atoms with Gasteiger partial charge in [0.15, 0.2) is 5.78 Å². The van der Waals surface area contributed by atoms with Gasteiger partial charge >= 0.3 is 0 Å². The Labute approximate surface area is 127 Å². The third-order valence-corrected chi connectivity index (χ3v) is 5.01. The second-order valence-electron chi connectivity index (χ2n) is 4.33. The van der Waals surface area contributed by atoms with Gasteiger partial charge in [0.1, 0.15) is 5.82 Å². The van der Waals surface area contributed by atoms with E-state index >= 15 is 0 Å². The van der Waals surface area contributed by atoms with Gasteiger partial charge < -0.3 is 5.73 Å². The summed E-state index contributed by atoms with van der Waals surface area (Å²) in [5, 5.41) is 2.68. The molecule has 0 saturated heterocycles. The third-order valence-electron chi connectivity index (χ3n) is 3.05. The van der Waals surface area contributed by atoms with Crippen LogP contribution in [0.1, 0.15) is 15.9 Å². The number of halogens is 2. The number of hydrogen-bond donors (Lipinski definition) is 1. The first kappa shape index (κ1) is 13.3. The predicted octanol–water partition coefficient (Wildman–Crippen LogP) is 4.62.